The third-order valence-electron chi connectivity index (χ3n) is 2.05. The van der Waals surface area contributed by atoms with Crippen LogP contribution in [0.3, 0.4) is 0 Å². The minimum Gasteiger partial charge on any atom is -0.484 e. The molecule has 0 fully saturated rings. The van der Waals surface area contributed by atoms with E-state index in [-0.39, 0.29) is 5.75 Å². The van der Waals surface area contributed by atoms with E-state index < -0.39 is 12.8 Å². The molecule has 0 unspecified atom stereocenters. The average Bonchev–Trinajstić information content (AvgIpc) is 2.79. The summed E-state index contributed by atoms with van der Waals surface area (Å²) in [5, 5.41) is 6.49. The van der Waals surface area contributed by atoms with Crippen LogP contribution in [-0.2, 0) is 0 Å². The predicted molar refractivity (Wildman–Crippen MR) is 55.6 cm³/mol. The molecule has 1 aromatic heterocycles. The summed E-state index contributed by atoms with van der Waals surface area (Å²) in [5.41, 5.74) is 1.45. The maximum absolute atomic E-state index is 12.0. The van der Waals surface area contributed by atoms with Gasteiger partial charge in [-0.1, -0.05) is 12.1 Å². The number of alkyl halides is 3. The quantitative estimate of drug-likeness (QED) is 0.898. The fourth-order valence-corrected chi connectivity index (χ4v) is 1.34. The third-order valence-corrected chi connectivity index (χ3v) is 2.05. The number of aromatic nitrogens is 2. The van der Waals surface area contributed by atoms with E-state index in [2.05, 4.69) is 14.9 Å². The minimum absolute atomic E-state index is 0.175. The first-order valence-corrected chi connectivity index (χ1v) is 4.84. The van der Waals surface area contributed by atoms with E-state index in [1.807, 2.05) is 0 Å². The Hall–Kier alpha value is -1.98. The molecule has 0 aliphatic heterocycles. The summed E-state index contributed by atoms with van der Waals surface area (Å²) in [4.78, 5) is 0. The second-order valence-electron chi connectivity index (χ2n) is 3.40. The zero-order valence-corrected chi connectivity index (χ0v) is 8.66. The molecule has 0 bridgehead atoms. The first kappa shape index (κ1) is 11.5. The lowest BCUT2D eigenvalue weighted by Gasteiger charge is -2.09. The van der Waals surface area contributed by atoms with Crippen molar-refractivity contribution in [2.24, 2.45) is 0 Å². The summed E-state index contributed by atoms with van der Waals surface area (Å²) >= 11 is 0. The molecular weight excluding hydrogens is 233 g/mol. The Morgan fingerprint density at radius 1 is 1.24 bits per heavy atom. The lowest BCUT2D eigenvalue weighted by molar-refractivity contribution is -0.153. The topological polar surface area (TPSA) is 37.9 Å². The van der Waals surface area contributed by atoms with Gasteiger partial charge >= 0.3 is 6.18 Å². The highest BCUT2D eigenvalue weighted by Gasteiger charge is 2.28. The molecule has 6 heteroatoms. The molecule has 1 heterocycles. The average molecular weight is 242 g/mol. The normalized spacial score (nSPS) is 11.5. The smallest absolute Gasteiger partial charge is 0.422 e. The molecule has 0 aliphatic rings. The van der Waals surface area contributed by atoms with Gasteiger partial charge in [-0.15, -0.1) is 0 Å². The molecule has 90 valence electrons. The van der Waals surface area contributed by atoms with Gasteiger partial charge in [0.05, 0.1) is 5.69 Å². The van der Waals surface area contributed by atoms with Gasteiger partial charge in [0.1, 0.15) is 5.75 Å². The number of benzene rings is 1. The molecule has 2 aromatic rings. The van der Waals surface area contributed by atoms with Crippen molar-refractivity contribution < 1.29 is 17.9 Å². The van der Waals surface area contributed by atoms with Crippen LogP contribution in [0, 0.1) is 0 Å². The lowest BCUT2D eigenvalue weighted by atomic mass is 10.1. The molecule has 0 saturated carbocycles. The lowest BCUT2D eigenvalue weighted by Crippen LogP contribution is -2.19. The Balaban J connectivity index is 2.12. The second-order valence-corrected chi connectivity index (χ2v) is 3.40. The van der Waals surface area contributed by atoms with Gasteiger partial charge < -0.3 is 4.74 Å². The number of hydrogen-bond acceptors (Lipinski definition) is 2. The van der Waals surface area contributed by atoms with Crippen molar-refractivity contribution in [3.63, 3.8) is 0 Å². The number of hydrogen-bond donors (Lipinski definition) is 1. The number of nitrogens with zero attached hydrogens (tertiary/aromatic N) is 1. The highest BCUT2D eigenvalue weighted by atomic mass is 19.4. The fourth-order valence-electron chi connectivity index (χ4n) is 1.34. The van der Waals surface area contributed by atoms with Gasteiger partial charge in [-0.25, -0.2) is 0 Å². The van der Waals surface area contributed by atoms with Crippen molar-refractivity contribution in [3.05, 3.63) is 36.5 Å². The first-order valence-electron chi connectivity index (χ1n) is 4.84. The molecule has 0 saturated heterocycles. The summed E-state index contributed by atoms with van der Waals surface area (Å²) in [6, 6.07) is 8.11. The van der Waals surface area contributed by atoms with Crippen molar-refractivity contribution in [3.8, 4) is 17.0 Å². The van der Waals surface area contributed by atoms with Gasteiger partial charge in [0.2, 0.25) is 0 Å². The SMILES string of the molecule is FC(F)(F)COc1cccc(-c2ccn[nH]2)c1. The molecule has 0 amide bonds. The molecule has 17 heavy (non-hydrogen) atoms. The van der Waals surface area contributed by atoms with Crippen LogP contribution in [-0.4, -0.2) is 23.0 Å². The van der Waals surface area contributed by atoms with Crippen LogP contribution >= 0.6 is 0 Å². The maximum atomic E-state index is 12.0. The van der Waals surface area contributed by atoms with Crippen LogP contribution in [0.25, 0.3) is 11.3 Å². The van der Waals surface area contributed by atoms with Gasteiger partial charge in [0, 0.05) is 11.8 Å². The number of halogens is 3. The van der Waals surface area contributed by atoms with Gasteiger partial charge in [-0.05, 0) is 18.2 Å². The molecule has 1 aromatic carbocycles. The van der Waals surface area contributed by atoms with Crippen LogP contribution < -0.4 is 4.74 Å². The Kier molecular flexibility index (Phi) is 3.03. The molecular formula is C11H9F3N2O. The van der Waals surface area contributed by atoms with Gasteiger partial charge in [0.15, 0.2) is 6.61 Å². The second kappa shape index (κ2) is 4.48. The Morgan fingerprint density at radius 2 is 2.06 bits per heavy atom. The van der Waals surface area contributed by atoms with Crippen molar-refractivity contribution >= 4 is 0 Å². The fraction of sp³-hybridized carbons (Fsp3) is 0.182. The summed E-state index contributed by atoms with van der Waals surface area (Å²) in [7, 11) is 0. The van der Waals surface area contributed by atoms with E-state index in [0.29, 0.717) is 0 Å². The Morgan fingerprint density at radius 3 is 2.71 bits per heavy atom. The van der Waals surface area contributed by atoms with E-state index in [1.165, 1.54) is 12.1 Å². The van der Waals surface area contributed by atoms with E-state index in [0.717, 1.165) is 11.3 Å². The monoisotopic (exact) mass is 242 g/mol. The summed E-state index contributed by atoms with van der Waals surface area (Å²) in [5.74, 6) is 0.175. The summed E-state index contributed by atoms with van der Waals surface area (Å²) in [6.45, 7) is -1.29. The third kappa shape index (κ3) is 3.24. The maximum Gasteiger partial charge on any atom is 0.422 e. The van der Waals surface area contributed by atoms with Crippen molar-refractivity contribution in [2.45, 2.75) is 6.18 Å². The van der Waals surface area contributed by atoms with Crippen LogP contribution in [0.15, 0.2) is 36.5 Å². The number of nitrogens with one attached hydrogen (secondary N) is 1. The van der Waals surface area contributed by atoms with E-state index >= 15 is 0 Å². The molecule has 0 radical (unpaired) electrons. The van der Waals surface area contributed by atoms with Crippen molar-refractivity contribution in [1.29, 1.82) is 0 Å². The van der Waals surface area contributed by atoms with Crippen LogP contribution in [0.1, 0.15) is 0 Å². The summed E-state index contributed by atoms with van der Waals surface area (Å²) < 4.78 is 40.6. The zero-order chi connectivity index (χ0) is 12.3. The van der Waals surface area contributed by atoms with Crippen LogP contribution in [0.2, 0.25) is 0 Å². The van der Waals surface area contributed by atoms with E-state index in [1.54, 1.807) is 24.4 Å². The van der Waals surface area contributed by atoms with Gasteiger partial charge in [-0.2, -0.15) is 18.3 Å². The number of H-pyrrole nitrogens is 1. The largest absolute Gasteiger partial charge is 0.484 e. The van der Waals surface area contributed by atoms with Crippen molar-refractivity contribution in [2.75, 3.05) is 6.61 Å². The van der Waals surface area contributed by atoms with Crippen LogP contribution in [0.5, 0.6) is 5.75 Å². The number of aromatic amines is 1. The molecule has 2 rings (SSSR count). The molecule has 1 N–H and O–H groups in total. The molecule has 0 spiro atoms. The summed E-state index contributed by atoms with van der Waals surface area (Å²) in [6.07, 6.45) is -2.76. The standard InChI is InChI=1S/C11H9F3N2O/c12-11(13,14)7-17-9-3-1-2-8(6-9)10-4-5-15-16-10/h1-6H,7H2,(H,15,16). The van der Waals surface area contributed by atoms with Crippen molar-refractivity contribution in [1.82, 2.24) is 10.2 Å². The predicted octanol–water partition coefficient (Wildman–Crippen LogP) is 3.02. The molecule has 0 aliphatic carbocycles. The van der Waals surface area contributed by atoms with Gasteiger partial charge in [-0.3, -0.25) is 5.10 Å². The minimum atomic E-state index is -4.33. The van der Waals surface area contributed by atoms with Gasteiger partial charge in [0.25, 0.3) is 0 Å². The molecule has 3 nitrogen and oxygen atoms in total. The first-order chi connectivity index (χ1) is 8.04. The van der Waals surface area contributed by atoms with E-state index in [9.17, 15) is 13.2 Å². The number of ether oxygens (including phenoxy) is 1. The zero-order valence-electron chi connectivity index (χ0n) is 8.66. The highest BCUT2D eigenvalue weighted by Crippen LogP contribution is 2.23. The Bertz CT molecular complexity index is 480. The van der Waals surface area contributed by atoms with Crippen LogP contribution in [0.4, 0.5) is 13.2 Å². The highest BCUT2D eigenvalue weighted by molar-refractivity contribution is 5.60. The Labute approximate surface area is 95.2 Å². The number of rotatable bonds is 3. The van der Waals surface area contributed by atoms with E-state index in [4.69, 9.17) is 0 Å². The molecule has 0 atom stereocenters.